The maximum atomic E-state index is 11.2. The minimum atomic E-state index is -0.630. The Labute approximate surface area is 85.6 Å². The van der Waals surface area contributed by atoms with Crippen LogP contribution in [0.5, 0.6) is 0 Å². The smallest absolute Gasteiger partial charge is 0.325 e. The van der Waals surface area contributed by atoms with E-state index in [0.717, 1.165) is 0 Å². The Balaban J connectivity index is 0. The van der Waals surface area contributed by atoms with Crippen LogP contribution in [0.4, 0.5) is 0 Å². The highest BCUT2D eigenvalue weighted by Crippen LogP contribution is 2.03. The van der Waals surface area contributed by atoms with Crippen LogP contribution in [0.3, 0.4) is 0 Å². The van der Waals surface area contributed by atoms with Crippen molar-refractivity contribution in [2.75, 3.05) is 19.7 Å². The van der Waals surface area contributed by atoms with Gasteiger partial charge in [0, 0.05) is 13.1 Å². The van der Waals surface area contributed by atoms with Gasteiger partial charge in [0.05, 0.1) is 6.61 Å². The quantitative estimate of drug-likeness (QED) is 0.641. The molecule has 13 heavy (non-hydrogen) atoms. The molecule has 0 unspecified atom stereocenters. The first-order chi connectivity index (χ1) is 5.54. The number of carbonyl (C=O) groups is 1. The zero-order valence-corrected chi connectivity index (χ0v) is 9.24. The summed E-state index contributed by atoms with van der Waals surface area (Å²) in [6.07, 6.45) is 0. The lowest BCUT2D eigenvalue weighted by molar-refractivity contribution is -0.149. The van der Waals surface area contributed by atoms with E-state index in [1.165, 1.54) is 0 Å². The van der Waals surface area contributed by atoms with Crippen molar-refractivity contribution < 1.29 is 9.53 Å². The van der Waals surface area contributed by atoms with Gasteiger partial charge in [0.25, 0.3) is 0 Å². The van der Waals surface area contributed by atoms with Crippen LogP contribution in [-0.4, -0.2) is 31.2 Å². The van der Waals surface area contributed by atoms with Gasteiger partial charge in [-0.25, -0.2) is 0 Å². The number of rotatable bonds is 5. The number of nitrogens with two attached hydrogens (primary N) is 1. The maximum absolute atomic E-state index is 11.2. The fourth-order valence-electron chi connectivity index (χ4n) is 0.768. The van der Waals surface area contributed by atoms with Crippen molar-refractivity contribution in [3.8, 4) is 0 Å². The van der Waals surface area contributed by atoms with Gasteiger partial charge in [-0.3, -0.25) is 4.79 Å². The number of nitrogens with one attached hydrogen (secondary N) is 1. The van der Waals surface area contributed by atoms with E-state index in [1.54, 1.807) is 20.8 Å². The zero-order valence-electron chi connectivity index (χ0n) is 8.42. The first-order valence-corrected chi connectivity index (χ1v) is 4.17. The molecule has 3 N–H and O–H groups in total. The van der Waals surface area contributed by atoms with Crippen molar-refractivity contribution in [2.24, 2.45) is 5.73 Å². The number of halogens is 1. The van der Waals surface area contributed by atoms with Crippen LogP contribution >= 0.6 is 12.4 Å². The highest BCUT2D eigenvalue weighted by molar-refractivity contribution is 5.85. The largest absolute Gasteiger partial charge is 0.465 e. The van der Waals surface area contributed by atoms with Crippen molar-refractivity contribution >= 4 is 18.4 Å². The Bertz CT molecular complexity index is 151. The second-order valence-electron chi connectivity index (χ2n) is 3.06. The minimum Gasteiger partial charge on any atom is -0.465 e. The first kappa shape index (κ1) is 15.2. The van der Waals surface area contributed by atoms with E-state index in [-0.39, 0.29) is 18.4 Å². The van der Waals surface area contributed by atoms with Gasteiger partial charge in [0.1, 0.15) is 5.54 Å². The van der Waals surface area contributed by atoms with Crippen LogP contribution in [-0.2, 0) is 9.53 Å². The molecule has 0 aromatic carbocycles. The molecule has 0 fully saturated rings. The molecule has 0 aliphatic rings. The van der Waals surface area contributed by atoms with Gasteiger partial charge in [0.15, 0.2) is 0 Å². The predicted octanol–water partition coefficient (Wildman–Crippen LogP) is 0.298. The van der Waals surface area contributed by atoms with Gasteiger partial charge in [0.2, 0.25) is 0 Å². The van der Waals surface area contributed by atoms with Gasteiger partial charge in [-0.05, 0) is 20.8 Å². The molecule has 0 aliphatic carbocycles. The summed E-state index contributed by atoms with van der Waals surface area (Å²) in [7, 11) is 0. The molecule has 4 nitrogen and oxygen atoms in total. The van der Waals surface area contributed by atoms with Crippen LogP contribution in [0.25, 0.3) is 0 Å². The summed E-state index contributed by atoms with van der Waals surface area (Å²) in [5.74, 6) is -0.238. The van der Waals surface area contributed by atoms with Crippen LogP contribution in [0, 0.1) is 0 Å². The lowest BCUT2D eigenvalue weighted by Crippen LogP contribution is -2.49. The number of esters is 1. The van der Waals surface area contributed by atoms with E-state index in [0.29, 0.717) is 19.7 Å². The first-order valence-electron chi connectivity index (χ1n) is 4.17. The Kier molecular flexibility index (Phi) is 8.30. The molecule has 0 saturated heterocycles. The molecule has 0 heterocycles. The molecule has 0 aliphatic heterocycles. The fourth-order valence-corrected chi connectivity index (χ4v) is 0.768. The third-order valence-corrected chi connectivity index (χ3v) is 1.50. The summed E-state index contributed by atoms with van der Waals surface area (Å²) in [4.78, 5) is 11.2. The van der Waals surface area contributed by atoms with Crippen molar-refractivity contribution in [3.63, 3.8) is 0 Å². The second-order valence-corrected chi connectivity index (χ2v) is 3.06. The van der Waals surface area contributed by atoms with E-state index in [1.807, 2.05) is 0 Å². The van der Waals surface area contributed by atoms with Crippen molar-refractivity contribution in [3.05, 3.63) is 0 Å². The summed E-state index contributed by atoms with van der Waals surface area (Å²) in [5, 5.41) is 2.99. The Morgan fingerprint density at radius 2 is 2.08 bits per heavy atom. The SMILES string of the molecule is CCOC(=O)C(C)(C)NCCN.Cl. The number of hydrogen-bond donors (Lipinski definition) is 2. The van der Waals surface area contributed by atoms with E-state index < -0.39 is 5.54 Å². The molecule has 0 radical (unpaired) electrons. The molecule has 0 aromatic rings. The summed E-state index contributed by atoms with van der Waals surface area (Å²) < 4.78 is 4.86. The van der Waals surface area contributed by atoms with Crippen LogP contribution < -0.4 is 11.1 Å². The summed E-state index contributed by atoms with van der Waals surface area (Å²) in [6, 6.07) is 0. The lowest BCUT2D eigenvalue weighted by Gasteiger charge is -2.23. The molecular weight excluding hydrogens is 192 g/mol. The normalized spacial score (nSPS) is 10.5. The molecular formula is C8H19ClN2O2. The van der Waals surface area contributed by atoms with Gasteiger partial charge in [-0.15, -0.1) is 12.4 Å². The van der Waals surface area contributed by atoms with E-state index in [2.05, 4.69) is 5.32 Å². The monoisotopic (exact) mass is 210 g/mol. The Morgan fingerprint density at radius 1 is 1.54 bits per heavy atom. The molecule has 0 bridgehead atoms. The average Bonchev–Trinajstić information content (AvgIpc) is 2.01. The van der Waals surface area contributed by atoms with E-state index >= 15 is 0 Å². The Hall–Kier alpha value is -0.320. The highest BCUT2D eigenvalue weighted by atomic mass is 35.5. The molecule has 0 aromatic heterocycles. The van der Waals surface area contributed by atoms with Crippen molar-refractivity contribution in [2.45, 2.75) is 26.3 Å². The molecule has 0 spiro atoms. The molecule has 0 amide bonds. The predicted molar refractivity (Wildman–Crippen MR) is 55.0 cm³/mol. The molecule has 5 heteroatoms. The van der Waals surface area contributed by atoms with Gasteiger partial charge in [-0.2, -0.15) is 0 Å². The number of ether oxygens (including phenoxy) is 1. The van der Waals surface area contributed by atoms with E-state index in [9.17, 15) is 4.79 Å². The lowest BCUT2D eigenvalue weighted by atomic mass is 10.1. The molecule has 0 saturated carbocycles. The van der Waals surface area contributed by atoms with Gasteiger partial charge < -0.3 is 15.8 Å². The minimum absolute atomic E-state index is 0. The second kappa shape index (κ2) is 7.12. The standard InChI is InChI=1S/C8H18N2O2.ClH/c1-4-12-7(11)8(2,3)10-6-5-9;/h10H,4-6,9H2,1-3H3;1H. The van der Waals surface area contributed by atoms with E-state index in [4.69, 9.17) is 10.5 Å². The Morgan fingerprint density at radius 3 is 2.46 bits per heavy atom. The zero-order chi connectivity index (χ0) is 9.61. The van der Waals surface area contributed by atoms with Crippen LogP contribution in [0.1, 0.15) is 20.8 Å². The third kappa shape index (κ3) is 5.85. The van der Waals surface area contributed by atoms with Crippen LogP contribution in [0.2, 0.25) is 0 Å². The number of hydrogen-bond acceptors (Lipinski definition) is 4. The van der Waals surface area contributed by atoms with Gasteiger partial charge >= 0.3 is 5.97 Å². The average molecular weight is 211 g/mol. The third-order valence-electron chi connectivity index (χ3n) is 1.50. The summed E-state index contributed by atoms with van der Waals surface area (Å²) in [5.41, 5.74) is 4.67. The van der Waals surface area contributed by atoms with Crippen molar-refractivity contribution in [1.29, 1.82) is 0 Å². The topological polar surface area (TPSA) is 64.3 Å². The highest BCUT2D eigenvalue weighted by Gasteiger charge is 2.27. The number of carbonyl (C=O) groups excluding carboxylic acids is 1. The summed E-state index contributed by atoms with van der Waals surface area (Å²) in [6.45, 7) is 6.89. The fraction of sp³-hybridized carbons (Fsp3) is 0.875. The van der Waals surface area contributed by atoms with Crippen LogP contribution in [0.15, 0.2) is 0 Å². The summed E-state index contributed by atoms with van der Waals surface area (Å²) >= 11 is 0. The maximum Gasteiger partial charge on any atom is 0.325 e. The van der Waals surface area contributed by atoms with Gasteiger partial charge in [-0.1, -0.05) is 0 Å². The van der Waals surface area contributed by atoms with Crippen molar-refractivity contribution in [1.82, 2.24) is 5.32 Å². The molecule has 0 rings (SSSR count). The molecule has 80 valence electrons. The molecule has 0 atom stereocenters.